The fourth-order valence-corrected chi connectivity index (χ4v) is 5.81. The molecule has 0 aromatic heterocycles. The van der Waals surface area contributed by atoms with Crippen molar-refractivity contribution in [2.45, 2.75) is 19.9 Å². The molecule has 0 saturated carbocycles. The van der Waals surface area contributed by atoms with E-state index in [9.17, 15) is 4.80 Å². The summed E-state index contributed by atoms with van der Waals surface area (Å²) in [5.74, 6) is 0.426. The fourth-order valence-electron chi connectivity index (χ4n) is 2.39. The molecule has 2 rings (SSSR count). The number of rotatable bonds is 4. The van der Waals surface area contributed by atoms with Gasteiger partial charge in [-0.1, -0.05) is 74.5 Å². The summed E-state index contributed by atoms with van der Waals surface area (Å²) in [6, 6.07) is 20.6. The normalized spacial score (nSPS) is 11.8. The maximum Gasteiger partial charge on any atom is 0.299 e. The molecule has 18 heavy (non-hydrogen) atoms. The van der Waals surface area contributed by atoms with Crippen molar-refractivity contribution in [3.63, 3.8) is 0 Å². The summed E-state index contributed by atoms with van der Waals surface area (Å²) >= 11 is 0. The van der Waals surface area contributed by atoms with Gasteiger partial charge in [-0.25, -0.2) is 0 Å². The molecule has 0 fully saturated rings. The number of benzene rings is 2. The van der Waals surface area contributed by atoms with Crippen LogP contribution in [0.4, 0.5) is 0 Å². The van der Waals surface area contributed by atoms with Crippen LogP contribution >= 0.6 is 0 Å². The van der Waals surface area contributed by atoms with Gasteiger partial charge in [0, 0.05) is 0 Å². The molecular formula is C16H19OSi. The summed E-state index contributed by atoms with van der Waals surface area (Å²) < 4.78 is 0. The van der Waals surface area contributed by atoms with E-state index >= 15 is 0 Å². The van der Waals surface area contributed by atoms with Gasteiger partial charge in [-0.15, -0.1) is 0 Å². The third kappa shape index (κ3) is 2.71. The predicted molar refractivity (Wildman–Crippen MR) is 78.2 cm³/mol. The summed E-state index contributed by atoms with van der Waals surface area (Å²) in [6.07, 6.45) is 0. The molecular weight excluding hydrogens is 236 g/mol. The van der Waals surface area contributed by atoms with E-state index in [1.54, 1.807) is 0 Å². The Balaban J connectivity index is 2.48. The molecule has 0 N–H and O–H groups in total. The lowest BCUT2D eigenvalue weighted by Gasteiger charge is -2.25. The van der Waals surface area contributed by atoms with Crippen LogP contribution in [0.15, 0.2) is 60.7 Å². The third-order valence-electron chi connectivity index (χ3n) is 3.18. The topological polar surface area (TPSA) is 19.9 Å². The molecule has 0 aliphatic heterocycles. The highest BCUT2D eigenvalue weighted by molar-refractivity contribution is 6.96. The molecule has 1 nitrogen and oxygen atoms in total. The molecule has 2 aromatic carbocycles. The third-order valence-corrected chi connectivity index (χ3v) is 7.10. The van der Waals surface area contributed by atoms with Crippen LogP contribution < -0.4 is 10.4 Å². The predicted octanol–water partition coefficient (Wildman–Crippen LogP) is 2.83. The first-order valence-electron chi connectivity index (χ1n) is 6.44. The first kappa shape index (κ1) is 13.1. The molecule has 1 radical (unpaired) electrons. The van der Waals surface area contributed by atoms with Gasteiger partial charge < -0.3 is 0 Å². The first-order valence-corrected chi connectivity index (χ1v) is 8.56. The van der Waals surface area contributed by atoms with Gasteiger partial charge in [0.1, 0.15) is 0 Å². The van der Waals surface area contributed by atoms with Crippen molar-refractivity contribution in [3.8, 4) is 0 Å². The van der Waals surface area contributed by atoms with Crippen LogP contribution in [-0.2, 0) is 4.80 Å². The van der Waals surface area contributed by atoms with Crippen LogP contribution in [0.3, 0.4) is 0 Å². The first-order chi connectivity index (χ1) is 8.63. The van der Waals surface area contributed by atoms with Crippen LogP contribution in [0.2, 0.25) is 6.04 Å². The summed E-state index contributed by atoms with van der Waals surface area (Å²) in [5, 5.41) is 1.98. The molecule has 0 saturated heterocycles. The van der Waals surface area contributed by atoms with Crippen molar-refractivity contribution in [2.24, 2.45) is 5.92 Å². The van der Waals surface area contributed by atoms with Crippen LogP contribution in [-0.4, -0.2) is 8.32 Å². The van der Waals surface area contributed by atoms with Gasteiger partial charge in [-0.2, -0.15) is 0 Å². The van der Waals surface area contributed by atoms with Crippen LogP contribution in [0, 0.1) is 5.92 Å². The Labute approximate surface area is 110 Å². The molecule has 0 aliphatic carbocycles. The maximum atomic E-state index is 13.5. The minimum atomic E-state index is -2.81. The highest BCUT2D eigenvalue weighted by atomic mass is 28.4. The van der Waals surface area contributed by atoms with Crippen LogP contribution in [0.1, 0.15) is 13.8 Å². The van der Waals surface area contributed by atoms with Crippen molar-refractivity contribution < 1.29 is 4.80 Å². The quantitative estimate of drug-likeness (QED) is 0.749. The van der Waals surface area contributed by atoms with Gasteiger partial charge in [-0.3, -0.25) is 4.80 Å². The highest BCUT2D eigenvalue weighted by Crippen LogP contribution is 2.15. The molecule has 2 aromatic rings. The lowest BCUT2D eigenvalue weighted by atomic mass is 10.3. The van der Waals surface area contributed by atoms with E-state index in [-0.39, 0.29) is 0 Å². The summed E-state index contributed by atoms with van der Waals surface area (Å²) in [6.45, 7) is 4.26. The second-order valence-electron chi connectivity index (χ2n) is 5.16. The fraction of sp³-hybridized carbons (Fsp3) is 0.250. The molecule has 0 unspecified atom stereocenters. The van der Waals surface area contributed by atoms with Gasteiger partial charge in [-0.05, 0) is 22.3 Å². The van der Waals surface area contributed by atoms with Gasteiger partial charge >= 0.3 is 0 Å². The van der Waals surface area contributed by atoms with Crippen LogP contribution in [0.25, 0.3) is 0 Å². The van der Waals surface area contributed by atoms with Crippen molar-refractivity contribution >= 4 is 18.7 Å². The Hall–Kier alpha value is -1.38. The van der Waals surface area contributed by atoms with E-state index in [4.69, 9.17) is 0 Å². The van der Waals surface area contributed by atoms with Crippen molar-refractivity contribution in [1.82, 2.24) is 0 Å². The Morgan fingerprint density at radius 3 is 1.56 bits per heavy atom. The van der Waals surface area contributed by atoms with Crippen molar-refractivity contribution in [3.05, 3.63) is 60.7 Å². The van der Waals surface area contributed by atoms with E-state index in [0.717, 1.165) is 16.4 Å². The summed E-state index contributed by atoms with van der Waals surface area (Å²) in [4.78, 5) is 13.5. The number of hydrogen-bond donors (Lipinski definition) is 0. The highest BCUT2D eigenvalue weighted by Gasteiger charge is 2.38. The second kappa shape index (κ2) is 5.51. The molecule has 0 heterocycles. The monoisotopic (exact) mass is 255 g/mol. The van der Waals surface area contributed by atoms with Gasteiger partial charge in [0.2, 0.25) is 0 Å². The summed E-state index contributed by atoms with van der Waals surface area (Å²) in [7, 11) is -2.81. The SMILES string of the molecule is CC(C)C[Si]([O])(c1ccccc1)c1ccccc1. The molecule has 0 amide bonds. The van der Waals surface area contributed by atoms with Crippen LogP contribution in [0.5, 0.6) is 0 Å². The van der Waals surface area contributed by atoms with E-state index in [1.165, 1.54) is 0 Å². The molecule has 93 valence electrons. The van der Waals surface area contributed by atoms with E-state index < -0.39 is 8.32 Å². The van der Waals surface area contributed by atoms with Crippen molar-refractivity contribution in [2.75, 3.05) is 0 Å². The zero-order chi connectivity index (χ0) is 13.0. The molecule has 0 aliphatic rings. The molecule has 0 atom stereocenters. The van der Waals surface area contributed by atoms with E-state index in [0.29, 0.717) is 5.92 Å². The average Bonchev–Trinajstić information content (AvgIpc) is 2.40. The van der Waals surface area contributed by atoms with E-state index in [2.05, 4.69) is 13.8 Å². The lowest BCUT2D eigenvalue weighted by Crippen LogP contribution is -2.58. The van der Waals surface area contributed by atoms with E-state index in [1.807, 2.05) is 60.7 Å². The lowest BCUT2D eigenvalue weighted by molar-refractivity contribution is 0.431. The Bertz CT molecular complexity index is 439. The second-order valence-corrected chi connectivity index (χ2v) is 8.37. The smallest absolute Gasteiger partial charge is 0.285 e. The van der Waals surface area contributed by atoms with Gasteiger partial charge in [0.25, 0.3) is 8.32 Å². The zero-order valence-electron chi connectivity index (χ0n) is 11.0. The largest absolute Gasteiger partial charge is 0.299 e. The van der Waals surface area contributed by atoms with Gasteiger partial charge in [0.05, 0.1) is 0 Å². The standard InChI is InChI=1S/C16H19OSi/c1-14(2)13-18(17,15-9-5-3-6-10-15)16-11-7-4-8-12-16/h3-12,14H,13H2,1-2H3. The number of hydrogen-bond acceptors (Lipinski definition) is 0. The summed E-state index contributed by atoms with van der Waals surface area (Å²) in [5.41, 5.74) is 0. The Morgan fingerprint density at radius 2 is 1.22 bits per heavy atom. The zero-order valence-corrected chi connectivity index (χ0v) is 12.0. The average molecular weight is 255 g/mol. The molecule has 2 heteroatoms. The Morgan fingerprint density at radius 1 is 0.833 bits per heavy atom. The molecule has 0 bridgehead atoms. The Kier molecular flexibility index (Phi) is 3.99. The minimum Gasteiger partial charge on any atom is -0.285 e. The molecule has 0 spiro atoms. The van der Waals surface area contributed by atoms with Crippen molar-refractivity contribution in [1.29, 1.82) is 0 Å². The minimum absolute atomic E-state index is 0.426. The van der Waals surface area contributed by atoms with Gasteiger partial charge in [0.15, 0.2) is 0 Å². The maximum absolute atomic E-state index is 13.5.